The van der Waals surface area contributed by atoms with Crippen molar-refractivity contribution in [2.75, 3.05) is 45.9 Å². The van der Waals surface area contributed by atoms with Crippen LogP contribution in [0.3, 0.4) is 0 Å². The van der Waals surface area contributed by atoms with Crippen LogP contribution in [0.5, 0.6) is 5.88 Å². The van der Waals surface area contributed by atoms with E-state index in [0.29, 0.717) is 31.5 Å². The van der Waals surface area contributed by atoms with Gasteiger partial charge in [-0.05, 0) is 45.6 Å². The second-order valence-electron chi connectivity index (χ2n) is 8.43. The SMILES string of the molecule is CCNC(=NCc1cccnc1OC1CCCC1)NCC(C)(O)CN1CCOCC1.I. The molecule has 0 spiro atoms. The largest absolute Gasteiger partial charge is 0.474 e. The Morgan fingerprint density at radius 1 is 1.32 bits per heavy atom. The average molecular weight is 547 g/mol. The van der Waals surface area contributed by atoms with Crippen LogP contribution in [-0.2, 0) is 11.3 Å². The number of rotatable bonds is 9. The van der Waals surface area contributed by atoms with E-state index in [4.69, 9.17) is 14.5 Å². The maximum Gasteiger partial charge on any atom is 0.218 e. The van der Waals surface area contributed by atoms with Crippen molar-refractivity contribution in [2.45, 2.75) is 57.8 Å². The Morgan fingerprint density at radius 2 is 2.06 bits per heavy atom. The average Bonchev–Trinajstić information content (AvgIpc) is 3.25. The first-order valence-electron chi connectivity index (χ1n) is 11.2. The number of aromatic nitrogens is 1. The molecule has 1 aliphatic heterocycles. The van der Waals surface area contributed by atoms with Crippen molar-refractivity contribution in [2.24, 2.45) is 4.99 Å². The van der Waals surface area contributed by atoms with Gasteiger partial charge in [-0.2, -0.15) is 0 Å². The van der Waals surface area contributed by atoms with Crippen LogP contribution < -0.4 is 15.4 Å². The monoisotopic (exact) mass is 547 g/mol. The van der Waals surface area contributed by atoms with E-state index < -0.39 is 5.60 Å². The number of aliphatic imine (C=N–C) groups is 1. The fourth-order valence-corrected chi connectivity index (χ4v) is 3.89. The summed E-state index contributed by atoms with van der Waals surface area (Å²) in [5, 5.41) is 17.4. The van der Waals surface area contributed by atoms with Gasteiger partial charge in [-0.1, -0.05) is 6.07 Å². The first-order valence-corrected chi connectivity index (χ1v) is 11.2. The molecule has 1 aromatic rings. The summed E-state index contributed by atoms with van der Waals surface area (Å²) in [4.78, 5) is 11.4. The van der Waals surface area contributed by atoms with Crippen molar-refractivity contribution in [3.8, 4) is 5.88 Å². The predicted octanol–water partition coefficient (Wildman–Crippen LogP) is 2.16. The van der Waals surface area contributed by atoms with Crippen molar-refractivity contribution >= 4 is 29.9 Å². The Balaban J connectivity index is 0.00000341. The zero-order valence-electron chi connectivity index (χ0n) is 18.8. The number of pyridine rings is 1. The topological polar surface area (TPSA) is 91.2 Å². The number of hydrogen-bond acceptors (Lipinski definition) is 6. The zero-order valence-corrected chi connectivity index (χ0v) is 21.1. The Kier molecular flexibility index (Phi) is 11.3. The minimum Gasteiger partial charge on any atom is -0.474 e. The Labute approximate surface area is 203 Å². The highest BCUT2D eigenvalue weighted by Crippen LogP contribution is 2.25. The van der Waals surface area contributed by atoms with Gasteiger partial charge in [0, 0.05) is 44.5 Å². The van der Waals surface area contributed by atoms with Crippen molar-refractivity contribution in [3.05, 3.63) is 23.9 Å². The van der Waals surface area contributed by atoms with Crippen LogP contribution in [0.2, 0.25) is 0 Å². The molecule has 0 amide bonds. The zero-order chi connectivity index (χ0) is 21.2. The molecule has 3 rings (SSSR count). The molecule has 1 saturated heterocycles. The first kappa shape index (κ1) is 26.1. The van der Waals surface area contributed by atoms with Gasteiger partial charge >= 0.3 is 0 Å². The van der Waals surface area contributed by atoms with E-state index >= 15 is 0 Å². The van der Waals surface area contributed by atoms with Gasteiger partial charge < -0.3 is 25.2 Å². The van der Waals surface area contributed by atoms with E-state index in [1.807, 2.05) is 26.0 Å². The molecule has 2 heterocycles. The van der Waals surface area contributed by atoms with Crippen LogP contribution in [0, 0.1) is 0 Å². The summed E-state index contributed by atoms with van der Waals surface area (Å²) in [6, 6.07) is 3.93. The number of nitrogens with one attached hydrogen (secondary N) is 2. The fraction of sp³-hybridized carbons (Fsp3) is 0.727. The van der Waals surface area contributed by atoms with Gasteiger partial charge in [-0.3, -0.25) is 4.90 Å². The first-order chi connectivity index (χ1) is 14.6. The summed E-state index contributed by atoms with van der Waals surface area (Å²) < 4.78 is 11.5. The molecule has 3 N–H and O–H groups in total. The van der Waals surface area contributed by atoms with E-state index in [1.54, 1.807) is 6.20 Å². The van der Waals surface area contributed by atoms with Crippen molar-refractivity contribution in [1.29, 1.82) is 0 Å². The molecule has 31 heavy (non-hydrogen) atoms. The predicted molar refractivity (Wildman–Crippen MR) is 133 cm³/mol. The van der Waals surface area contributed by atoms with Gasteiger partial charge in [0.1, 0.15) is 6.10 Å². The molecule has 2 fully saturated rings. The number of ether oxygens (including phenoxy) is 2. The van der Waals surface area contributed by atoms with Crippen molar-refractivity contribution < 1.29 is 14.6 Å². The van der Waals surface area contributed by atoms with E-state index in [-0.39, 0.29) is 30.1 Å². The Hall–Kier alpha value is -1.17. The van der Waals surface area contributed by atoms with Crippen LogP contribution in [0.15, 0.2) is 23.3 Å². The van der Waals surface area contributed by atoms with Gasteiger partial charge in [-0.25, -0.2) is 9.98 Å². The number of halogens is 1. The summed E-state index contributed by atoms with van der Waals surface area (Å²) >= 11 is 0. The van der Waals surface area contributed by atoms with Crippen LogP contribution in [0.25, 0.3) is 0 Å². The van der Waals surface area contributed by atoms with E-state index in [2.05, 4.69) is 20.5 Å². The lowest BCUT2D eigenvalue weighted by molar-refractivity contribution is -0.0201. The highest BCUT2D eigenvalue weighted by Gasteiger charge is 2.25. The summed E-state index contributed by atoms with van der Waals surface area (Å²) in [5.74, 6) is 1.36. The number of hydrogen-bond donors (Lipinski definition) is 3. The molecule has 176 valence electrons. The molecule has 0 radical (unpaired) electrons. The molecule has 8 nitrogen and oxygen atoms in total. The van der Waals surface area contributed by atoms with Gasteiger partial charge in [0.25, 0.3) is 0 Å². The molecule has 1 aliphatic carbocycles. The van der Waals surface area contributed by atoms with Crippen LogP contribution in [0.4, 0.5) is 0 Å². The summed E-state index contributed by atoms with van der Waals surface area (Å²) in [6.45, 7) is 9.28. The highest BCUT2D eigenvalue weighted by atomic mass is 127. The normalized spacial score (nSPS) is 20.0. The second kappa shape index (κ2) is 13.4. The summed E-state index contributed by atoms with van der Waals surface area (Å²) in [6.07, 6.45) is 6.69. The molecule has 2 aliphatic rings. The number of nitrogens with zero attached hydrogens (tertiary/aromatic N) is 3. The molecule has 1 saturated carbocycles. The molecule has 0 bridgehead atoms. The van der Waals surface area contributed by atoms with E-state index in [1.165, 1.54) is 12.8 Å². The van der Waals surface area contributed by atoms with Crippen LogP contribution in [-0.4, -0.2) is 78.6 Å². The lowest BCUT2D eigenvalue weighted by Gasteiger charge is -2.34. The van der Waals surface area contributed by atoms with Gasteiger partial charge in [0.05, 0.1) is 25.4 Å². The molecule has 1 aromatic heterocycles. The third-order valence-electron chi connectivity index (χ3n) is 5.49. The molecule has 1 atom stereocenters. The van der Waals surface area contributed by atoms with Crippen LogP contribution in [0.1, 0.15) is 45.1 Å². The molecule has 9 heteroatoms. The maximum atomic E-state index is 10.8. The third kappa shape index (κ3) is 9.07. The third-order valence-corrected chi connectivity index (χ3v) is 5.49. The lowest BCUT2D eigenvalue weighted by atomic mass is 10.1. The van der Waals surface area contributed by atoms with Crippen molar-refractivity contribution in [3.63, 3.8) is 0 Å². The van der Waals surface area contributed by atoms with Gasteiger partial charge in [0.2, 0.25) is 5.88 Å². The van der Waals surface area contributed by atoms with E-state index in [9.17, 15) is 5.11 Å². The van der Waals surface area contributed by atoms with Crippen LogP contribution >= 0.6 is 24.0 Å². The minimum atomic E-state index is -0.863. The van der Waals surface area contributed by atoms with Gasteiger partial charge in [0.15, 0.2) is 5.96 Å². The summed E-state index contributed by atoms with van der Waals surface area (Å²) in [7, 11) is 0. The standard InChI is InChI=1S/C22H37N5O3.HI/c1-3-23-21(26-16-22(2,28)17-27-11-13-29-14-12-27)25-15-18-7-6-10-24-20(18)30-19-8-4-5-9-19;/h6-7,10,19,28H,3-5,8-9,11-17H2,1-2H3,(H2,23,25,26);1H. The number of β-amino-alcohol motifs (C(OH)–C–C–N with tert-alkyl or cyclic N) is 1. The molecule has 1 unspecified atom stereocenters. The number of guanidine groups is 1. The smallest absolute Gasteiger partial charge is 0.218 e. The second-order valence-corrected chi connectivity index (χ2v) is 8.43. The minimum absolute atomic E-state index is 0. The van der Waals surface area contributed by atoms with Crippen molar-refractivity contribution in [1.82, 2.24) is 20.5 Å². The highest BCUT2D eigenvalue weighted by molar-refractivity contribution is 14.0. The lowest BCUT2D eigenvalue weighted by Crippen LogP contribution is -2.52. The Bertz CT molecular complexity index is 677. The fourth-order valence-electron chi connectivity index (χ4n) is 3.89. The Morgan fingerprint density at radius 3 is 2.77 bits per heavy atom. The molecule has 0 aromatic carbocycles. The maximum absolute atomic E-state index is 10.8. The van der Waals surface area contributed by atoms with E-state index in [0.717, 1.165) is 51.3 Å². The molecular weight excluding hydrogens is 509 g/mol. The summed E-state index contributed by atoms with van der Waals surface area (Å²) in [5.41, 5.74) is 0.111. The number of aliphatic hydroxyl groups is 1. The van der Waals surface area contributed by atoms with Gasteiger partial charge in [-0.15, -0.1) is 24.0 Å². The molecular formula is C22H38IN5O3. The quantitative estimate of drug-likeness (QED) is 0.248. The number of morpholine rings is 1.